The van der Waals surface area contributed by atoms with E-state index in [2.05, 4.69) is 96.0 Å². The number of fused-ring (bicyclic) bond motifs is 8. The Morgan fingerprint density at radius 3 is 1.97 bits per heavy atom. The molecule has 0 atom stereocenters. The van der Waals surface area contributed by atoms with Crippen LogP contribution in [0.1, 0.15) is 24.0 Å². The third-order valence-electron chi connectivity index (χ3n) is 6.77. The summed E-state index contributed by atoms with van der Waals surface area (Å²) >= 11 is 0. The second-order valence-electron chi connectivity index (χ2n) is 8.65. The molecule has 1 nitrogen and oxygen atoms in total. The number of pyridine rings is 1. The summed E-state index contributed by atoms with van der Waals surface area (Å²) in [5.41, 5.74) is 4.24. The zero-order chi connectivity index (χ0) is 21.3. The fourth-order valence-electron chi connectivity index (χ4n) is 5.18. The average Bonchev–Trinajstić information content (AvgIpc) is 2.88. The normalized spacial score (nSPS) is 13.1. The molecule has 7 rings (SSSR count). The van der Waals surface area contributed by atoms with E-state index in [4.69, 9.17) is 0 Å². The number of hydrogen-bond acceptors (Lipinski definition) is 1. The highest BCUT2D eigenvalue weighted by Crippen LogP contribution is 2.33. The van der Waals surface area contributed by atoms with Crippen molar-refractivity contribution in [3.05, 3.63) is 114 Å². The van der Waals surface area contributed by atoms with Crippen LogP contribution in [0.15, 0.2) is 103 Å². The minimum Gasteiger partial charge on any atom is -0.256 e. The van der Waals surface area contributed by atoms with Gasteiger partial charge in [-0.3, -0.25) is 4.98 Å². The van der Waals surface area contributed by atoms with Crippen molar-refractivity contribution in [2.24, 2.45) is 0 Å². The van der Waals surface area contributed by atoms with Gasteiger partial charge < -0.3 is 0 Å². The first kappa shape index (κ1) is 19.0. The van der Waals surface area contributed by atoms with Crippen molar-refractivity contribution >= 4 is 43.2 Å². The molecule has 154 valence electrons. The van der Waals surface area contributed by atoms with Gasteiger partial charge in [0.05, 0.1) is 5.52 Å². The van der Waals surface area contributed by atoms with Crippen LogP contribution < -0.4 is 0 Å². The summed E-state index contributed by atoms with van der Waals surface area (Å²) in [5.74, 6) is 0. The molecule has 0 bridgehead atoms. The Morgan fingerprint density at radius 1 is 0.469 bits per heavy atom. The minimum atomic E-state index is 1.06. The molecule has 6 aromatic rings. The molecule has 0 aliphatic heterocycles. The van der Waals surface area contributed by atoms with Gasteiger partial charge in [-0.1, -0.05) is 84.9 Å². The van der Waals surface area contributed by atoms with Gasteiger partial charge in [0.25, 0.3) is 0 Å². The maximum atomic E-state index is 4.33. The Hall–Kier alpha value is -3.71. The van der Waals surface area contributed by atoms with Crippen LogP contribution in [0.3, 0.4) is 0 Å². The summed E-state index contributed by atoms with van der Waals surface area (Å²) in [6.45, 7) is 0. The van der Waals surface area contributed by atoms with Crippen LogP contribution in [0.4, 0.5) is 0 Å². The summed E-state index contributed by atoms with van der Waals surface area (Å²) in [6.07, 6.45) is 7.05. The smallest absolute Gasteiger partial charge is 0.0708 e. The fraction of sp³-hybridized carbons (Fsp3) is 0.129. The van der Waals surface area contributed by atoms with Gasteiger partial charge in [0.1, 0.15) is 0 Å². The molecule has 0 unspecified atom stereocenters. The van der Waals surface area contributed by atoms with Gasteiger partial charge in [-0.05, 0) is 81.3 Å². The van der Waals surface area contributed by atoms with Crippen LogP contribution in [0.2, 0.25) is 0 Å². The van der Waals surface area contributed by atoms with Gasteiger partial charge in [0, 0.05) is 11.6 Å². The molecule has 0 N–H and O–H groups in total. The first-order valence-corrected chi connectivity index (χ1v) is 11.5. The van der Waals surface area contributed by atoms with Crippen LogP contribution in [0.5, 0.6) is 0 Å². The minimum absolute atomic E-state index is 1.06. The Morgan fingerprint density at radius 2 is 1.12 bits per heavy atom. The molecule has 0 saturated carbocycles. The van der Waals surface area contributed by atoms with Crippen LogP contribution in [-0.4, -0.2) is 4.98 Å². The Kier molecular flexibility index (Phi) is 4.81. The molecule has 0 fully saturated rings. The largest absolute Gasteiger partial charge is 0.256 e. The van der Waals surface area contributed by atoms with E-state index in [9.17, 15) is 0 Å². The molecular formula is C31H25N. The lowest BCUT2D eigenvalue weighted by atomic mass is 9.86. The van der Waals surface area contributed by atoms with Crippen LogP contribution in [0, 0.1) is 0 Å². The van der Waals surface area contributed by atoms with Gasteiger partial charge in [0.15, 0.2) is 0 Å². The fourth-order valence-corrected chi connectivity index (χ4v) is 5.18. The lowest BCUT2D eigenvalue weighted by molar-refractivity contribution is 0.690. The molecule has 1 heterocycles. The summed E-state index contributed by atoms with van der Waals surface area (Å²) in [5, 5.41) is 9.42. The Balaban J connectivity index is 0.000000126. The number of aryl methyl sites for hydroxylation is 2. The number of nitrogens with zero attached hydrogens (tertiary/aromatic N) is 1. The van der Waals surface area contributed by atoms with Crippen molar-refractivity contribution in [1.29, 1.82) is 0 Å². The SMILES string of the molecule is c1ccc2c(c1)ccc1c3c(ccc12)CCCC3.c1ccc2c(c1)ccc1ncccc12. The molecule has 5 aromatic carbocycles. The third-order valence-corrected chi connectivity index (χ3v) is 6.77. The molecule has 1 heteroatoms. The number of hydrogen-bond donors (Lipinski definition) is 0. The first-order valence-electron chi connectivity index (χ1n) is 11.5. The van der Waals surface area contributed by atoms with E-state index in [0.29, 0.717) is 0 Å². The van der Waals surface area contributed by atoms with E-state index in [1.807, 2.05) is 12.3 Å². The zero-order valence-corrected chi connectivity index (χ0v) is 18.1. The number of benzene rings is 5. The van der Waals surface area contributed by atoms with Gasteiger partial charge in [-0.15, -0.1) is 0 Å². The standard InChI is InChI=1S/C18H16.C13H9N/c1-3-7-15-13(5-1)9-11-18-16-8-4-2-6-14(16)10-12-17(15)18;1-2-5-11-10(4-1)7-8-13-12(11)6-3-9-14-13/h1,3,5,7,9-12H,2,4,6,8H2;1-9H. The van der Waals surface area contributed by atoms with Crippen molar-refractivity contribution < 1.29 is 0 Å². The third kappa shape index (κ3) is 3.31. The Labute approximate surface area is 188 Å². The molecule has 0 spiro atoms. The van der Waals surface area contributed by atoms with Crippen molar-refractivity contribution in [2.45, 2.75) is 25.7 Å². The lowest BCUT2D eigenvalue weighted by Crippen LogP contribution is -2.02. The van der Waals surface area contributed by atoms with Crippen molar-refractivity contribution in [2.75, 3.05) is 0 Å². The van der Waals surface area contributed by atoms with Crippen LogP contribution in [-0.2, 0) is 12.8 Å². The Bertz CT molecular complexity index is 1520. The number of aromatic nitrogens is 1. The summed E-state index contributed by atoms with van der Waals surface area (Å²) < 4.78 is 0. The molecular weight excluding hydrogens is 386 g/mol. The highest BCUT2D eigenvalue weighted by atomic mass is 14.6. The van der Waals surface area contributed by atoms with E-state index >= 15 is 0 Å². The predicted molar refractivity (Wildman–Crippen MR) is 137 cm³/mol. The number of rotatable bonds is 0. The van der Waals surface area contributed by atoms with Crippen molar-refractivity contribution in [3.8, 4) is 0 Å². The van der Waals surface area contributed by atoms with E-state index in [1.54, 1.807) is 11.1 Å². The van der Waals surface area contributed by atoms with E-state index in [-0.39, 0.29) is 0 Å². The summed E-state index contributed by atoms with van der Waals surface area (Å²) in [7, 11) is 0. The maximum Gasteiger partial charge on any atom is 0.0708 e. The van der Waals surface area contributed by atoms with Crippen molar-refractivity contribution in [1.82, 2.24) is 4.98 Å². The second kappa shape index (κ2) is 8.09. The van der Waals surface area contributed by atoms with Crippen molar-refractivity contribution in [3.63, 3.8) is 0 Å². The van der Waals surface area contributed by atoms with Gasteiger partial charge >= 0.3 is 0 Å². The molecule has 32 heavy (non-hydrogen) atoms. The topological polar surface area (TPSA) is 12.9 Å². The first-order chi connectivity index (χ1) is 15.9. The highest BCUT2D eigenvalue weighted by Gasteiger charge is 2.13. The van der Waals surface area contributed by atoms with Crippen LogP contribution >= 0.6 is 0 Å². The molecule has 1 aliphatic carbocycles. The summed E-state index contributed by atoms with van der Waals surface area (Å²) in [4.78, 5) is 4.33. The quantitative estimate of drug-likeness (QED) is 0.229. The molecule has 1 aliphatic rings. The predicted octanol–water partition coefficient (Wildman–Crippen LogP) is 8.26. The van der Waals surface area contributed by atoms with Crippen LogP contribution in [0.25, 0.3) is 43.2 Å². The van der Waals surface area contributed by atoms with Gasteiger partial charge in [0.2, 0.25) is 0 Å². The van der Waals surface area contributed by atoms with E-state index in [0.717, 1.165) is 5.52 Å². The van der Waals surface area contributed by atoms with E-state index < -0.39 is 0 Å². The summed E-state index contributed by atoms with van der Waals surface area (Å²) in [6, 6.07) is 34.6. The second-order valence-corrected chi connectivity index (χ2v) is 8.65. The molecule has 0 amide bonds. The molecule has 0 saturated heterocycles. The molecule has 0 radical (unpaired) electrons. The van der Waals surface area contributed by atoms with Gasteiger partial charge in [-0.2, -0.15) is 0 Å². The zero-order valence-electron chi connectivity index (χ0n) is 18.1. The lowest BCUT2D eigenvalue weighted by Gasteiger charge is -2.18. The van der Waals surface area contributed by atoms with Gasteiger partial charge in [-0.25, -0.2) is 0 Å². The average molecular weight is 412 g/mol. The molecule has 1 aromatic heterocycles. The van der Waals surface area contributed by atoms with E-state index in [1.165, 1.54) is 63.4 Å². The highest BCUT2D eigenvalue weighted by molar-refractivity contribution is 6.09. The maximum absolute atomic E-state index is 4.33. The monoisotopic (exact) mass is 411 g/mol.